The third-order valence-electron chi connectivity index (χ3n) is 3.61. The lowest BCUT2D eigenvalue weighted by atomic mass is 9.83. The van der Waals surface area contributed by atoms with Crippen LogP contribution in [0.5, 0.6) is 5.75 Å². The molecular weight excluding hydrogens is 254 g/mol. The van der Waals surface area contributed by atoms with E-state index < -0.39 is 5.41 Å². The Morgan fingerprint density at radius 3 is 2.45 bits per heavy atom. The van der Waals surface area contributed by atoms with E-state index in [0.717, 1.165) is 11.3 Å². The van der Waals surface area contributed by atoms with E-state index in [4.69, 9.17) is 9.84 Å². The first-order chi connectivity index (χ1) is 9.41. The van der Waals surface area contributed by atoms with Crippen molar-refractivity contribution in [2.75, 3.05) is 20.3 Å². The fraction of sp³-hybridized carbons (Fsp3) is 0.562. The van der Waals surface area contributed by atoms with Gasteiger partial charge in [-0.2, -0.15) is 0 Å². The molecular formula is C16H25NO3. The second-order valence-corrected chi connectivity index (χ2v) is 5.68. The second-order valence-electron chi connectivity index (χ2n) is 5.68. The number of nitrogens with one attached hydrogen (secondary N) is 1. The van der Waals surface area contributed by atoms with Crippen molar-refractivity contribution < 1.29 is 14.6 Å². The SMILES string of the molecule is COc1ccc(C(C)(C)C(=O)NCC(C)CCO)cc1. The van der Waals surface area contributed by atoms with Crippen molar-refractivity contribution in [3.8, 4) is 5.75 Å². The Kier molecular flexibility index (Phi) is 6.02. The van der Waals surface area contributed by atoms with Gasteiger partial charge in [0.15, 0.2) is 0 Å². The highest BCUT2D eigenvalue weighted by Gasteiger charge is 2.29. The number of methoxy groups -OCH3 is 1. The number of ether oxygens (including phenoxy) is 1. The van der Waals surface area contributed by atoms with E-state index in [9.17, 15) is 4.79 Å². The van der Waals surface area contributed by atoms with Crippen LogP contribution in [0.2, 0.25) is 0 Å². The first-order valence-corrected chi connectivity index (χ1v) is 6.95. The van der Waals surface area contributed by atoms with Gasteiger partial charge in [0.25, 0.3) is 0 Å². The minimum atomic E-state index is -0.592. The van der Waals surface area contributed by atoms with Gasteiger partial charge in [-0.25, -0.2) is 0 Å². The average Bonchev–Trinajstić information content (AvgIpc) is 2.45. The lowest BCUT2D eigenvalue weighted by Crippen LogP contribution is -2.41. The largest absolute Gasteiger partial charge is 0.497 e. The molecule has 2 N–H and O–H groups in total. The van der Waals surface area contributed by atoms with Crippen LogP contribution in [-0.4, -0.2) is 31.3 Å². The van der Waals surface area contributed by atoms with Gasteiger partial charge in [0.2, 0.25) is 5.91 Å². The molecule has 0 radical (unpaired) electrons. The fourth-order valence-electron chi connectivity index (χ4n) is 1.95. The van der Waals surface area contributed by atoms with Crippen molar-refractivity contribution >= 4 is 5.91 Å². The summed E-state index contributed by atoms with van der Waals surface area (Å²) in [6.07, 6.45) is 0.698. The lowest BCUT2D eigenvalue weighted by Gasteiger charge is -2.25. The van der Waals surface area contributed by atoms with E-state index in [-0.39, 0.29) is 18.4 Å². The van der Waals surface area contributed by atoms with Crippen LogP contribution in [0.1, 0.15) is 32.8 Å². The van der Waals surface area contributed by atoms with Gasteiger partial charge in [0.1, 0.15) is 5.75 Å². The number of hydrogen-bond acceptors (Lipinski definition) is 3. The average molecular weight is 279 g/mol. The first kappa shape index (κ1) is 16.5. The van der Waals surface area contributed by atoms with Gasteiger partial charge in [0, 0.05) is 13.2 Å². The Morgan fingerprint density at radius 1 is 1.35 bits per heavy atom. The highest BCUT2D eigenvalue weighted by Crippen LogP contribution is 2.25. The quantitative estimate of drug-likeness (QED) is 0.803. The summed E-state index contributed by atoms with van der Waals surface area (Å²) in [5, 5.41) is 11.8. The minimum Gasteiger partial charge on any atom is -0.497 e. The summed E-state index contributed by atoms with van der Waals surface area (Å²) in [5.41, 5.74) is 0.358. The predicted octanol–water partition coefficient (Wildman–Crippen LogP) is 2.11. The zero-order valence-electron chi connectivity index (χ0n) is 12.8. The second kappa shape index (κ2) is 7.29. The Balaban J connectivity index is 2.68. The standard InChI is InChI=1S/C16H25NO3/c1-12(9-10-18)11-17-15(19)16(2,3)13-5-7-14(20-4)8-6-13/h5-8,12,18H,9-11H2,1-4H3,(H,17,19). The van der Waals surface area contributed by atoms with E-state index in [1.165, 1.54) is 0 Å². The highest BCUT2D eigenvalue weighted by molar-refractivity contribution is 5.87. The van der Waals surface area contributed by atoms with Gasteiger partial charge in [-0.3, -0.25) is 4.79 Å². The van der Waals surface area contributed by atoms with Crippen molar-refractivity contribution in [1.82, 2.24) is 5.32 Å². The summed E-state index contributed by atoms with van der Waals surface area (Å²) < 4.78 is 5.12. The van der Waals surface area contributed by atoms with Crippen LogP contribution < -0.4 is 10.1 Å². The maximum absolute atomic E-state index is 12.3. The smallest absolute Gasteiger partial charge is 0.230 e. The summed E-state index contributed by atoms with van der Waals surface area (Å²) in [6.45, 7) is 6.55. The highest BCUT2D eigenvalue weighted by atomic mass is 16.5. The molecule has 0 aliphatic rings. The normalized spacial score (nSPS) is 12.8. The molecule has 0 saturated heterocycles. The summed E-state index contributed by atoms with van der Waals surface area (Å²) in [6, 6.07) is 7.54. The fourth-order valence-corrected chi connectivity index (χ4v) is 1.95. The molecule has 1 amide bonds. The summed E-state index contributed by atoms with van der Waals surface area (Å²) in [5.74, 6) is 1.05. The molecule has 4 heteroatoms. The Labute approximate surface area is 121 Å². The van der Waals surface area contributed by atoms with Crippen LogP contribution >= 0.6 is 0 Å². The van der Waals surface area contributed by atoms with Gasteiger partial charge >= 0.3 is 0 Å². The molecule has 0 aliphatic heterocycles. The van der Waals surface area contributed by atoms with Crippen LogP contribution in [0.15, 0.2) is 24.3 Å². The predicted molar refractivity (Wildman–Crippen MR) is 79.9 cm³/mol. The van der Waals surface area contributed by atoms with Crippen LogP contribution in [0.25, 0.3) is 0 Å². The number of hydrogen-bond donors (Lipinski definition) is 2. The first-order valence-electron chi connectivity index (χ1n) is 6.95. The van der Waals surface area contributed by atoms with Crippen LogP contribution in [0.3, 0.4) is 0 Å². The van der Waals surface area contributed by atoms with Crippen LogP contribution in [-0.2, 0) is 10.2 Å². The van der Waals surface area contributed by atoms with Crippen LogP contribution in [0, 0.1) is 5.92 Å². The minimum absolute atomic E-state index is 0.00698. The number of aliphatic hydroxyl groups excluding tert-OH is 1. The molecule has 1 unspecified atom stereocenters. The molecule has 20 heavy (non-hydrogen) atoms. The Morgan fingerprint density at radius 2 is 1.95 bits per heavy atom. The van der Waals surface area contributed by atoms with Crippen LogP contribution in [0.4, 0.5) is 0 Å². The molecule has 4 nitrogen and oxygen atoms in total. The third-order valence-corrected chi connectivity index (χ3v) is 3.61. The monoisotopic (exact) mass is 279 g/mol. The molecule has 1 atom stereocenters. The van der Waals surface area contributed by atoms with E-state index in [0.29, 0.717) is 13.0 Å². The zero-order valence-corrected chi connectivity index (χ0v) is 12.8. The zero-order chi connectivity index (χ0) is 15.2. The molecule has 1 aromatic carbocycles. The van der Waals surface area contributed by atoms with Crippen molar-refractivity contribution in [3.63, 3.8) is 0 Å². The van der Waals surface area contributed by atoms with Gasteiger partial charge in [0.05, 0.1) is 12.5 Å². The summed E-state index contributed by atoms with van der Waals surface area (Å²) in [7, 11) is 1.62. The molecule has 1 aromatic rings. The van der Waals surface area contributed by atoms with Gasteiger partial charge < -0.3 is 15.2 Å². The van der Waals surface area contributed by atoms with E-state index in [1.807, 2.05) is 45.0 Å². The van der Waals surface area contributed by atoms with Crippen molar-refractivity contribution in [1.29, 1.82) is 0 Å². The number of carbonyl (C=O) groups excluding carboxylic acids is 1. The molecule has 112 valence electrons. The molecule has 0 aromatic heterocycles. The van der Waals surface area contributed by atoms with Crippen molar-refractivity contribution in [2.45, 2.75) is 32.6 Å². The number of rotatable bonds is 7. The van der Waals surface area contributed by atoms with Crippen molar-refractivity contribution in [3.05, 3.63) is 29.8 Å². The maximum atomic E-state index is 12.3. The third kappa shape index (κ3) is 4.23. The topological polar surface area (TPSA) is 58.6 Å². The maximum Gasteiger partial charge on any atom is 0.230 e. The molecule has 0 spiro atoms. The molecule has 1 rings (SSSR count). The Bertz CT molecular complexity index is 426. The molecule has 0 saturated carbocycles. The molecule has 0 fully saturated rings. The number of amides is 1. The summed E-state index contributed by atoms with van der Waals surface area (Å²) >= 11 is 0. The summed E-state index contributed by atoms with van der Waals surface area (Å²) in [4.78, 5) is 12.3. The number of aliphatic hydroxyl groups is 1. The van der Waals surface area contributed by atoms with Crippen molar-refractivity contribution in [2.24, 2.45) is 5.92 Å². The van der Waals surface area contributed by atoms with E-state index >= 15 is 0 Å². The number of benzene rings is 1. The van der Waals surface area contributed by atoms with Gasteiger partial charge in [-0.1, -0.05) is 19.1 Å². The molecule has 0 bridgehead atoms. The van der Waals surface area contributed by atoms with Gasteiger partial charge in [-0.05, 0) is 43.9 Å². The molecule has 0 heterocycles. The lowest BCUT2D eigenvalue weighted by molar-refractivity contribution is -0.125. The van der Waals surface area contributed by atoms with Gasteiger partial charge in [-0.15, -0.1) is 0 Å². The number of carbonyl (C=O) groups is 1. The molecule has 0 aliphatic carbocycles. The van der Waals surface area contributed by atoms with E-state index in [1.54, 1.807) is 7.11 Å². The van der Waals surface area contributed by atoms with E-state index in [2.05, 4.69) is 5.32 Å². The Hall–Kier alpha value is -1.55.